The normalized spacial score (nSPS) is 10.2. The first-order valence-electron chi connectivity index (χ1n) is 7.39. The third-order valence-corrected chi connectivity index (χ3v) is 3.23. The van der Waals surface area contributed by atoms with Gasteiger partial charge in [-0.15, -0.1) is 0 Å². The molecule has 0 amide bonds. The van der Waals surface area contributed by atoms with Gasteiger partial charge in [-0.2, -0.15) is 0 Å². The molecule has 1 aromatic carbocycles. The number of benzene rings is 1. The second-order valence-corrected chi connectivity index (χ2v) is 4.85. The van der Waals surface area contributed by atoms with E-state index in [-0.39, 0.29) is 0 Å². The van der Waals surface area contributed by atoms with E-state index < -0.39 is 0 Å². The van der Waals surface area contributed by atoms with Gasteiger partial charge in [0.2, 0.25) is 0 Å². The summed E-state index contributed by atoms with van der Waals surface area (Å²) in [6.07, 6.45) is 3.83. The van der Waals surface area contributed by atoms with Crippen LogP contribution in [0.25, 0.3) is 0 Å². The van der Waals surface area contributed by atoms with E-state index in [4.69, 9.17) is 4.74 Å². The smallest absolute Gasteiger partial charge is 0.127 e. The first kappa shape index (κ1) is 15.2. The number of rotatable bonds is 8. The zero-order valence-corrected chi connectivity index (χ0v) is 12.7. The predicted molar refractivity (Wildman–Crippen MR) is 88.2 cm³/mol. The average molecular weight is 285 g/mol. The van der Waals surface area contributed by atoms with Gasteiger partial charge in [-0.3, -0.25) is 0 Å². The zero-order valence-electron chi connectivity index (χ0n) is 12.7. The van der Waals surface area contributed by atoms with Crippen molar-refractivity contribution >= 4 is 11.5 Å². The second kappa shape index (κ2) is 8.15. The van der Waals surface area contributed by atoms with Gasteiger partial charge in [0.15, 0.2) is 0 Å². The number of pyridine rings is 1. The molecule has 4 heteroatoms. The van der Waals surface area contributed by atoms with Crippen LogP contribution >= 0.6 is 0 Å². The molecule has 4 nitrogen and oxygen atoms in total. The summed E-state index contributed by atoms with van der Waals surface area (Å²) < 4.78 is 5.36. The minimum Gasteiger partial charge on any atom is -0.496 e. The third kappa shape index (κ3) is 4.67. The van der Waals surface area contributed by atoms with E-state index in [9.17, 15) is 0 Å². The fraction of sp³-hybridized carbons (Fsp3) is 0.353. The van der Waals surface area contributed by atoms with Crippen LogP contribution in [0.5, 0.6) is 5.75 Å². The van der Waals surface area contributed by atoms with Crippen LogP contribution < -0.4 is 15.4 Å². The molecule has 0 aliphatic carbocycles. The van der Waals surface area contributed by atoms with Gasteiger partial charge in [-0.1, -0.05) is 25.1 Å². The summed E-state index contributed by atoms with van der Waals surface area (Å²) in [4.78, 5) is 4.30. The Labute approximate surface area is 126 Å². The number of hydrogen-bond donors (Lipinski definition) is 2. The molecule has 0 fully saturated rings. The molecule has 0 unspecified atom stereocenters. The van der Waals surface area contributed by atoms with Crippen LogP contribution in [0.2, 0.25) is 0 Å². The SMILES string of the molecule is CCCNc1cc(NCCc2ccccc2OC)ccn1. The summed E-state index contributed by atoms with van der Waals surface area (Å²) in [5, 5.41) is 6.72. The predicted octanol–water partition coefficient (Wildman–Crippen LogP) is 3.57. The van der Waals surface area contributed by atoms with Crippen LogP contribution in [0.4, 0.5) is 11.5 Å². The van der Waals surface area contributed by atoms with Gasteiger partial charge in [0.1, 0.15) is 11.6 Å². The van der Waals surface area contributed by atoms with Crippen molar-refractivity contribution in [2.24, 2.45) is 0 Å². The van der Waals surface area contributed by atoms with E-state index >= 15 is 0 Å². The van der Waals surface area contributed by atoms with E-state index in [0.29, 0.717) is 0 Å². The molecule has 0 bridgehead atoms. The molecule has 1 aromatic heterocycles. The van der Waals surface area contributed by atoms with E-state index in [0.717, 1.165) is 43.2 Å². The topological polar surface area (TPSA) is 46.2 Å². The Bertz CT molecular complexity index is 557. The van der Waals surface area contributed by atoms with Gasteiger partial charge < -0.3 is 15.4 Å². The highest BCUT2D eigenvalue weighted by molar-refractivity contribution is 5.52. The fourth-order valence-corrected chi connectivity index (χ4v) is 2.14. The lowest BCUT2D eigenvalue weighted by molar-refractivity contribution is 0.410. The van der Waals surface area contributed by atoms with Gasteiger partial charge in [0.05, 0.1) is 7.11 Å². The Morgan fingerprint density at radius 3 is 2.76 bits per heavy atom. The first-order valence-corrected chi connectivity index (χ1v) is 7.39. The third-order valence-electron chi connectivity index (χ3n) is 3.23. The maximum Gasteiger partial charge on any atom is 0.127 e. The number of nitrogens with zero attached hydrogens (tertiary/aromatic N) is 1. The monoisotopic (exact) mass is 285 g/mol. The molecule has 0 saturated heterocycles. The van der Waals surface area contributed by atoms with Gasteiger partial charge >= 0.3 is 0 Å². The van der Waals surface area contributed by atoms with E-state index in [1.54, 1.807) is 7.11 Å². The summed E-state index contributed by atoms with van der Waals surface area (Å²) in [5.41, 5.74) is 2.30. The van der Waals surface area contributed by atoms with E-state index in [1.165, 1.54) is 5.56 Å². The number of methoxy groups -OCH3 is 1. The van der Waals surface area contributed by atoms with Crippen molar-refractivity contribution in [2.45, 2.75) is 19.8 Å². The molecule has 0 saturated carbocycles. The van der Waals surface area contributed by atoms with E-state index in [2.05, 4.69) is 28.6 Å². The van der Waals surface area contributed by atoms with Gasteiger partial charge in [-0.05, 0) is 30.5 Å². The molecule has 1 heterocycles. The lowest BCUT2D eigenvalue weighted by Gasteiger charge is -2.11. The van der Waals surface area contributed by atoms with Crippen LogP contribution in [-0.2, 0) is 6.42 Å². The van der Waals surface area contributed by atoms with Crippen LogP contribution in [-0.4, -0.2) is 25.2 Å². The average Bonchev–Trinajstić information content (AvgIpc) is 2.54. The van der Waals surface area contributed by atoms with Crippen LogP contribution in [0.15, 0.2) is 42.6 Å². The molecule has 2 aromatic rings. The van der Waals surface area contributed by atoms with Crippen molar-refractivity contribution in [2.75, 3.05) is 30.8 Å². The zero-order chi connectivity index (χ0) is 14.9. The van der Waals surface area contributed by atoms with Crippen LogP contribution in [0.1, 0.15) is 18.9 Å². The molecule has 0 atom stereocenters. The molecular weight excluding hydrogens is 262 g/mol. The van der Waals surface area contributed by atoms with Crippen molar-refractivity contribution in [1.29, 1.82) is 0 Å². The van der Waals surface area contributed by atoms with Crippen molar-refractivity contribution in [3.63, 3.8) is 0 Å². The highest BCUT2D eigenvalue weighted by atomic mass is 16.5. The number of aromatic nitrogens is 1. The Balaban J connectivity index is 1.88. The second-order valence-electron chi connectivity index (χ2n) is 4.85. The summed E-state index contributed by atoms with van der Waals surface area (Å²) >= 11 is 0. The molecule has 112 valence electrons. The van der Waals surface area contributed by atoms with Gasteiger partial charge in [0.25, 0.3) is 0 Å². The van der Waals surface area contributed by atoms with Crippen LogP contribution in [0, 0.1) is 0 Å². The number of para-hydroxylation sites is 1. The fourth-order valence-electron chi connectivity index (χ4n) is 2.14. The summed E-state index contributed by atoms with van der Waals surface area (Å²) in [7, 11) is 1.71. The number of ether oxygens (including phenoxy) is 1. The molecule has 0 spiro atoms. The van der Waals surface area contributed by atoms with Gasteiger partial charge in [0, 0.05) is 31.0 Å². The number of hydrogen-bond acceptors (Lipinski definition) is 4. The lowest BCUT2D eigenvalue weighted by atomic mass is 10.1. The molecule has 2 rings (SSSR count). The minimum atomic E-state index is 0.859. The van der Waals surface area contributed by atoms with Crippen molar-refractivity contribution in [3.8, 4) is 5.75 Å². The maximum atomic E-state index is 5.36. The van der Waals surface area contributed by atoms with Crippen molar-refractivity contribution in [3.05, 3.63) is 48.2 Å². The molecule has 0 aliphatic heterocycles. The van der Waals surface area contributed by atoms with Crippen molar-refractivity contribution < 1.29 is 4.74 Å². The minimum absolute atomic E-state index is 0.859. The molecule has 0 radical (unpaired) electrons. The largest absolute Gasteiger partial charge is 0.496 e. The highest BCUT2D eigenvalue weighted by Gasteiger charge is 2.01. The standard InChI is InChI=1S/C17H23N3O/c1-3-10-19-17-13-15(9-12-20-17)18-11-8-14-6-4-5-7-16(14)21-2/h4-7,9,12-13H,3,8,10-11H2,1-2H3,(H2,18,19,20). The summed E-state index contributed by atoms with van der Waals surface area (Å²) in [6.45, 7) is 3.94. The van der Waals surface area contributed by atoms with E-state index in [1.807, 2.05) is 36.5 Å². The Kier molecular flexibility index (Phi) is 5.88. The lowest BCUT2D eigenvalue weighted by Crippen LogP contribution is -2.07. The Morgan fingerprint density at radius 2 is 1.95 bits per heavy atom. The molecule has 2 N–H and O–H groups in total. The van der Waals surface area contributed by atoms with Crippen molar-refractivity contribution in [1.82, 2.24) is 4.98 Å². The maximum absolute atomic E-state index is 5.36. The van der Waals surface area contributed by atoms with Crippen LogP contribution in [0.3, 0.4) is 0 Å². The summed E-state index contributed by atoms with van der Waals surface area (Å²) in [5.74, 6) is 1.86. The Hall–Kier alpha value is -2.23. The Morgan fingerprint density at radius 1 is 1.10 bits per heavy atom. The molecular formula is C17H23N3O. The van der Waals surface area contributed by atoms with Gasteiger partial charge in [-0.25, -0.2) is 4.98 Å². The highest BCUT2D eigenvalue weighted by Crippen LogP contribution is 2.18. The number of nitrogens with one attached hydrogen (secondary N) is 2. The first-order chi connectivity index (χ1) is 10.3. The quantitative estimate of drug-likeness (QED) is 0.778. The number of anilines is 2. The summed E-state index contributed by atoms with van der Waals surface area (Å²) in [6, 6.07) is 12.1. The molecule has 0 aliphatic rings. The molecule has 21 heavy (non-hydrogen) atoms.